The fourth-order valence-corrected chi connectivity index (χ4v) is 2.72. The highest BCUT2D eigenvalue weighted by atomic mass is 35.5. The number of esters is 1. The van der Waals surface area contributed by atoms with Crippen LogP contribution in [0.25, 0.3) is 0 Å². The largest absolute Gasteiger partial charge is 0.465 e. The Labute approximate surface area is 123 Å². The highest BCUT2D eigenvalue weighted by Gasteiger charge is 2.18. The van der Waals surface area contributed by atoms with E-state index in [-0.39, 0.29) is 6.04 Å². The van der Waals surface area contributed by atoms with Crippen molar-refractivity contribution in [3.8, 4) is 0 Å². The van der Waals surface area contributed by atoms with Crippen LogP contribution in [0, 0.1) is 0 Å². The SMILES string of the molecule is CCC(CSC)Nc1c(Cl)cc(N)cc1C(=O)OC. The lowest BCUT2D eigenvalue weighted by Gasteiger charge is -2.20. The van der Waals surface area contributed by atoms with E-state index in [1.165, 1.54) is 7.11 Å². The fraction of sp³-hybridized carbons (Fsp3) is 0.462. The second kappa shape index (κ2) is 7.50. The molecule has 3 N–H and O–H groups in total. The van der Waals surface area contributed by atoms with Gasteiger partial charge in [-0.25, -0.2) is 4.79 Å². The molecule has 0 saturated heterocycles. The summed E-state index contributed by atoms with van der Waals surface area (Å²) in [6.07, 6.45) is 2.97. The van der Waals surface area contributed by atoms with Crippen LogP contribution in [0.1, 0.15) is 23.7 Å². The van der Waals surface area contributed by atoms with Crippen LogP contribution in [0.2, 0.25) is 5.02 Å². The number of anilines is 2. The number of hydrogen-bond acceptors (Lipinski definition) is 5. The average Bonchev–Trinajstić information content (AvgIpc) is 2.39. The molecule has 0 bridgehead atoms. The average molecular weight is 303 g/mol. The molecule has 4 nitrogen and oxygen atoms in total. The molecular weight excluding hydrogens is 284 g/mol. The predicted octanol–water partition coefficient (Wildman–Crippen LogP) is 3.26. The molecule has 0 aliphatic heterocycles. The van der Waals surface area contributed by atoms with E-state index >= 15 is 0 Å². The number of rotatable bonds is 6. The number of nitrogens with two attached hydrogens (primary N) is 1. The minimum absolute atomic E-state index is 0.236. The maximum absolute atomic E-state index is 11.8. The van der Waals surface area contributed by atoms with Gasteiger partial charge in [-0.2, -0.15) is 11.8 Å². The van der Waals surface area contributed by atoms with Gasteiger partial charge in [0.1, 0.15) is 0 Å². The number of nitrogens with one attached hydrogen (secondary N) is 1. The minimum Gasteiger partial charge on any atom is -0.465 e. The number of benzene rings is 1. The standard InChI is InChI=1S/C13H19ClN2O2S/c1-4-9(7-19-3)16-12-10(13(17)18-2)5-8(15)6-11(12)14/h5-6,9,16H,4,7,15H2,1-3H3. The van der Waals surface area contributed by atoms with Gasteiger partial charge in [0.2, 0.25) is 0 Å². The summed E-state index contributed by atoms with van der Waals surface area (Å²) < 4.78 is 4.76. The van der Waals surface area contributed by atoms with E-state index in [0.29, 0.717) is 22.0 Å². The van der Waals surface area contributed by atoms with E-state index in [1.807, 2.05) is 6.26 Å². The molecule has 19 heavy (non-hydrogen) atoms. The molecule has 1 aromatic rings. The number of hydrogen-bond donors (Lipinski definition) is 2. The van der Waals surface area contributed by atoms with E-state index in [9.17, 15) is 4.79 Å². The maximum Gasteiger partial charge on any atom is 0.340 e. The molecule has 0 heterocycles. The van der Waals surface area contributed by atoms with Crippen LogP contribution in [0.5, 0.6) is 0 Å². The van der Waals surface area contributed by atoms with Crippen LogP contribution >= 0.6 is 23.4 Å². The summed E-state index contributed by atoms with van der Waals surface area (Å²) in [5.41, 5.74) is 7.11. The molecule has 0 aliphatic rings. The van der Waals surface area contributed by atoms with Gasteiger partial charge in [-0.05, 0) is 24.8 Å². The topological polar surface area (TPSA) is 64.3 Å². The first-order valence-corrected chi connectivity index (χ1v) is 7.73. The maximum atomic E-state index is 11.8. The Balaban J connectivity index is 3.13. The first kappa shape index (κ1) is 16.0. The number of carbonyl (C=O) groups is 1. The molecule has 1 unspecified atom stereocenters. The van der Waals surface area contributed by atoms with Gasteiger partial charge in [-0.1, -0.05) is 18.5 Å². The van der Waals surface area contributed by atoms with Crippen LogP contribution in [0.4, 0.5) is 11.4 Å². The number of thioether (sulfide) groups is 1. The Morgan fingerprint density at radius 3 is 2.79 bits per heavy atom. The van der Waals surface area contributed by atoms with Crippen LogP contribution in [0.15, 0.2) is 12.1 Å². The van der Waals surface area contributed by atoms with E-state index in [4.69, 9.17) is 22.1 Å². The van der Waals surface area contributed by atoms with Crippen molar-refractivity contribution in [2.24, 2.45) is 0 Å². The lowest BCUT2D eigenvalue weighted by atomic mass is 10.1. The molecule has 6 heteroatoms. The third-order valence-electron chi connectivity index (χ3n) is 2.73. The predicted molar refractivity (Wildman–Crippen MR) is 83.3 cm³/mol. The van der Waals surface area contributed by atoms with Crippen molar-refractivity contribution in [3.63, 3.8) is 0 Å². The molecule has 0 spiro atoms. The third-order valence-corrected chi connectivity index (χ3v) is 3.76. The Morgan fingerprint density at radius 1 is 1.58 bits per heavy atom. The van der Waals surface area contributed by atoms with Crippen LogP contribution in [-0.2, 0) is 4.74 Å². The Hall–Kier alpha value is -1.07. The number of ether oxygens (including phenoxy) is 1. The summed E-state index contributed by atoms with van der Waals surface area (Å²) in [7, 11) is 1.34. The van der Waals surface area contributed by atoms with Gasteiger partial charge in [-0.15, -0.1) is 0 Å². The van der Waals surface area contributed by atoms with Crippen molar-refractivity contribution in [1.82, 2.24) is 0 Å². The lowest BCUT2D eigenvalue weighted by Crippen LogP contribution is -2.23. The van der Waals surface area contributed by atoms with Gasteiger partial charge in [0.25, 0.3) is 0 Å². The lowest BCUT2D eigenvalue weighted by molar-refractivity contribution is 0.0602. The summed E-state index contributed by atoms with van der Waals surface area (Å²) >= 11 is 7.92. The first-order chi connectivity index (χ1) is 9.03. The molecule has 1 aromatic carbocycles. The smallest absolute Gasteiger partial charge is 0.340 e. The van der Waals surface area contributed by atoms with Crippen molar-refractivity contribution in [2.75, 3.05) is 30.2 Å². The highest BCUT2D eigenvalue weighted by Crippen LogP contribution is 2.31. The van der Waals surface area contributed by atoms with Gasteiger partial charge in [0, 0.05) is 17.5 Å². The molecule has 106 valence electrons. The third kappa shape index (κ3) is 4.21. The van der Waals surface area contributed by atoms with Gasteiger partial charge >= 0.3 is 5.97 Å². The summed E-state index contributed by atoms with van der Waals surface area (Å²) in [5, 5.41) is 3.73. The zero-order valence-corrected chi connectivity index (χ0v) is 12.9. The fourth-order valence-electron chi connectivity index (χ4n) is 1.71. The summed E-state index contributed by atoms with van der Waals surface area (Å²) in [6.45, 7) is 2.08. The summed E-state index contributed by atoms with van der Waals surface area (Å²) in [6, 6.07) is 3.44. The monoisotopic (exact) mass is 302 g/mol. The number of methoxy groups -OCH3 is 1. The van der Waals surface area contributed by atoms with Crippen LogP contribution < -0.4 is 11.1 Å². The number of halogens is 1. The number of nitrogen functional groups attached to an aromatic ring is 1. The quantitative estimate of drug-likeness (QED) is 0.624. The van der Waals surface area contributed by atoms with Crippen LogP contribution in [0.3, 0.4) is 0 Å². The Kier molecular flexibility index (Phi) is 6.31. The molecule has 1 rings (SSSR count). The van der Waals surface area contributed by atoms with Crippen molar-refractivity contribution in [2.45, 2.75) is 19.4 Å². The first-order valence-electron chi connectivity index (χ1n) is 5.96. The van der Waals surface area contributed by atoms with E-state index in [1.54, 1.807) is 23.9 Å². The Morgan fingerprint density at radius 2 is 2.26 bits per heavy atom. The zero-order valence-electron chi connectivity index (χ0n) is 11.3. The molecule has 0 amide bonds. The summed E-state index contributed by atoms with van der Waals surface area (Å²) in [4.78, 5) is 11.8. The van der Waals surface area contributed by atoms with Crippen molar-refractivity contribution in [3.05, 3.63) is 22.7 Å². The second-order valence-electron chi connectivity index (χ2n) is 4.12. The second-order valence-corrected chi connectivity index (χ2v) is 5.44. The normalized spacial score (nSPS) is 12.0. The van der Waals surface area contributed by atoms with Crippen molar-refractivity contribution >= 4 is 40.7 Å². The van der Waals surface area contributed by atoms with E-state index in [2.05, 4.69) is 12.2 Å². The zero-order chi connectivity index (χ0) is 14.4. The molecule has 0 saturated carbocycles. The molecule has 0 aromatic heterocycles. The summed E-state index contributed by atoms with van der Waals surface area (Å²) in [5.74, 6) is 0.480. The molecule has 0 aliphatic carbocycles. The minimum atomic E-state index is -0.448. The Bertz CT molecular complexity index is 455. The van der Waals surface area contributed by atoms with E-state index < -0.39 is 5.97 Å². The van der Waals surface area contributed by atoms with Gasteiger partial charge in [-0.3, -0.25) is 0 Å². The highest BCUT2D eigenvalue weighted by molar-refractivity contribution is 7.98. The molecule has 0 fully saturated rings. The molecule has 0 radical (unpaired) electrons. The van der Waals surface area contributed by atoms with Gasteiger partial charge < -0.3 is 15.8 Å². The van der Waals surface area contributed by atoms with Gasteiger partial charge in [0.05, 0.1) is 23.4 Å². The molecule has 1 atom stereocenters. The van der Waals surface area contributed by atoms with Crippen molar-refractivity contribution < 1.29 is 9.53 Å². The number of carbonyl (C=O) groups excluding carboxylic acids is 1. The van der Waals surface area contributed by atoms with Gasteiger partial charge in [0.15, 0.2) is 0 Å². The van der Waals surface area contributed by atoms with Crippen molar-refractivity contribution in [1.29, 1.82) is 0 Å². The van der Waals surface area contributed by atoms with Crippen LogP contribution in [-0.4, -0.2) is 31.1 Å². The van der Waals surface area contributed by atoms with E-state index in [0.717, 1.165) is 12.2 Å². The molecular formula is C13H19ClN2O2S.